The van der Waals surface area contributed by atoms with Crippen molar-refractivity contribution in [2.75, 3.05) is 13.2 Å². The molecule has 0 aliphatic rings. The number of nitrogens with one attached hydrogen (secondary N) is 1. The van der Waals surface area contributed by atoms with Crippen LogP contribution in [0.1, 0.15) is 11.1 Å². The maximum absolute atomic E-state index is 12.7. The molecule has 118 valence electrons. The van der Waals surface area contributed by atoms with E-state index in [-0.39, 0.29) is 24.7 Å². The summed E-state index contributed by atoms with van der Waals surface area (Å²) in [6.45, 7) is 2.22. The van der Waals surface area contributed by atoms with Gasteiger partial charge in [-0.1, -0.05) is 24.3 Å². The highest BCUT2D eigenvalue weighted by atomic mass is 32.2. The minimum Gasteiger partial charge on any atom is -0.492 e. The van der Waals surface area contributed by atoms with E-state index in [0.29, 0.717) is 5.75 Å². The topological polar surface area (TPSA) is 55.4 Å². The zero-order valence-corrected chi connectivity index (χ0v) is 13.1. The second-order valence-corrected chi connectivity index (χ2v) is 6.69. The molecule has 0 aliphatic carbocycles. The number of sulfonamides is 1. The maximum Gasteiger partial charge on any atom is 0.215 e. The number of hydrogen-bond donors (Lipinski definition) is 1. The molecule has 0 aromatic heterocycles. The number of rotatable bonds is 7. The second-order valence-electron chi connectivity index (χ2n) is 4.88. The number of benzene rings is 2. The first-order valence-corrected chi connectivity index (χ1v) is 8.52. The summed E-state index contributed by atoms with van der Waals surface area (Å²) >= 11 is 0. The normalized spacial score (nSPS) is 11.4. The highest BCUT2D eigenvalue weighted by molar-refractivity contribution is 7.88. The van der Waals surface area contributed by atoms with Gasteiger partial charge in [0.25, 0.3) is 0 Å². The predicted octanol–water partition coefficient (Wildman–Crippen LogP) is 2.63. The summed E-state index contributed by atoms with van der Waals surface area (Å²) in [5, 5.41) is 0. The maximum atomic E-state index is 12.7. The Bertz CT molecular complexity index is 714. The van der Waals surface area contributed by atoms with E-state index in [9.17, 15) is 12.8 Å². The van der Waals surface area contributed by atoms with E-state index in [1.807, 2.05) is 25.1 Å². The lowest BCUT2D eigenvalue weighted by atomic mass is 10.1. The fraction of sp³-hybridized carbons (Fsp3) is 0.250. The van der Waals surface area contributed by atoms with Gasteiger partial charge in [0.15, 0.2) is 0 Å². The monoisotopic (exact) mass is 323 g/mol. The lowest BCUT2D eigenvalue weighted by molar-refractivity contribution is 0.322. The predicted molar refractivity (Wildman–Crippen MR) is 83.7 cm³/mol. The van der Waals surface area contributed by atoms with Crippen LogP contribution in [0.4, 0.5) is 4.39 Å². The number of aryl methyl sites for hydroxylation is 1. The lowest BCUT2D eigenvalue weighted by Gasteiger charge is -2.10. The third kappa shape index (κ3) is 5.13. The summed E-state index contributed by atoms with van der Waals surface area (Å²) in [6, 6.07) is 12.9. The third-order valence-corrected chi connectivity index (χ3v) is 4.45. The van der Waals surface area contributed by atoms with Crippen LogP contribution < -0.4 is 9.46 Å². The summed E-state index contributed by atoms with van der Waals surface area (Å²) in [5.41, 5.74) is 1.71. The Morgan fingerprint density at radius 1 is 1.09 bits per heavy atom. The molecule has 1 N–H and O–H groups in total. The average molecular weight is 323 g/mol. The molecule has 6 heteroatoms. The van der Waals surface area contributed by atoms with Crippen LogP contribution in [0.3, 0.4) is 0 Å². The molecular formula is C16H18FNO3S. The van der Waals surface area contributed by atoms with Gasteiger partial charge in [0.05, 0.1) is 5.75 Å². The largest absolute Gasteiger partial charge is 0.492 e. The Hall–Kier alpha value is -1.92. The number of halogens is 1. The Kier molecular flexibility index (Phi) is 5.51. The molecule has 0 aliphatic heterocycles. The summed E-state index contributed by atoms with van der Waals surface area (Å²) < 4.78 is 44.5. The van der Waals surface area contributed by atoms with Crippen molar-refractivity contribution in [2.24, 2.45) is 0 Å². The average Bonchev–Trinajstić information content (AvgIpc) is 2.48. The van der Waals surface area contributed by atoms with Crippen LogP contribution in [0.15, 0.2) is 48.5 Å². The van der Waals surface area contributed by atoms with Crippen molar-refractivity contribution in [3.8, 4) is 5.75 Å². The minimum atomic E-state index is -3.41. The Morgan fingerprint density at radius 2 is 1.77 bits per heavy atom. The van der Waals surface area contributed by atoms with Gasteiger partial charge in [-0.25, -0.2) is 17.5 Å². The van der Waals surface area contributed by atoms with Crippen molar-refractivity contribution >= 4 is 10.0 Å². The number of ether oxygens (including phenoxy) is 1. The molecule has 2 aromatic rings. The van der Waals surface area contributed by atoms with Gasteiger partial charge in [-0.3, -0.25) is 0 Å². The minimum absolute atomic E-state index is 0.0593. The van der Waals surface area contributed by atoms with Gasteiger partial charge in [0.2, 0.25) is 10.0 Å². The smallest absolute Gasteiger partial charge is 0.215 e. The molecule has 0 bridgehead atoms. The highest BCUT2D eigenvalue weighted by Crippen LogP contribution is 2.11. The van der Waals surface area contributed by atoms with Gasteiger partial charge < -0.3 is 4.74 Å². The van der Waals surface area contributed by atoms with Crippen molar-refractivity contribution in [2.45, 2.75) is 12.7 Å². The van der Waals surface area contributed by atoms with E-state index >= 15 is 0 Å². The molecule has 0 amide bonds. The first kappa shape index (κ1) is 16.5. The summed E-state index contributed by atoms with van der Waals surface area (Å²) in [5.74, 6) is 0.0988. The Labute approximate surface area is 130 Å². The van der Waals surface area contributed by atoms with Crippen molar-refractivity contribution in [3.05, 3.63) is 65.5 Å². The van der Waals surface area contributed by atoms with Gasteiger partial charge in [-0.05, 0) is 42.3 Å². The van der Waals surface area contributed by atoms with Crippen LogP contribution in [0.2, 0.25) is 0 Å². The molecule has 0 heterocycles. The molecule has 0 fully saturated rings. The van der Waals surface area contributed by atoms with Crippen molar-refractivity contribution in [3.63, 3.8) is 0 Å². The zero-order chi connectivity index (χ0) is 16.0. The SMILES string of the molecule is Cc1ccccc1CS(=O)(=O)NCCOc1ccc(F)cc1. The van der Waals surface area contributed by atoms with Crippen LogP contribution in [0.25, 0.3) is 0 Å². The van der Waals surface area contributed by atoms with Crippen LogP contribution >= 0.6 is 0 Å². The molecule has 4 nitrogen and oxygen atoms in total. The molecule has 2 aromatic carbocycles. The molecule has 0 saturated carbocycles. The summed E-state index contributed by atoms with van der Waals surface area (Å²) in [6.07, 6.45) is 0. The standard InChI is InChI=1S/C16H18FNO3S/c1-13-4-2-3-5-14(13)12-22(19,20)18-10-11-21-16-8-6-15(17)7-9-16/h2-9,18H,10-12H2,1H3. The molecule has 22 heavy (non-hydrogen) atoms. The summed E-state index contributed by atoms with van der Waals surface area (Å²) in [4.78, 5) is 0. The third-order valence-electron chi connectivity index (χ3n) is 3.11. The second kappa shape index (κ2) is 7.38. The molecule has 0 atom stereocenters. The van der Waals surface area contributed by atoms with E-state index in [4.69, 9.17) is 4.74 Å². The summed E-state index contributed by atoms with van der Waals surface area (Å²) in [7, 11) is -3.41. The van der Waals surface area contributed by atoms with Gasteiger partial charge in [0.1, 0.15) is 18.2 Å². The lowest BCUT2D eigenvalue weighted by Crippen LogP contribution is -2.29. The molecular weight excluding hydrogens is 305 g/mol. The fourth-order valence-corrected chi connectivity index (χ4v) is 3.15. The first-order valence-electron chi connectivity index (χ1n) is 6.86. The molecule has 0 spiro atoms. The van der Waals surface area contributed by atoms with E-state index in [0.717, 1.165) is 11.1 Å². The van der Waals surface area contributed by atoms with Gasteiger partial charge >= 0.3 is 0 Å². The van der Waals surface area contributed by atoms with Gasteiger partial charge in [-0.2, -0.15) is 0 Å². The van der Waals surface area contributed by atoms with Crippen LogP contribution in [0.5, 0.6) is 5.75 Å². The Balaban J connectivity index is 1.80. The first-order chi connectivity index (χ1) is 10.5. The van der Waals surface area contributed by atoms with Crippen molar-refractivity contribution in [1.82, 2.24) is 4.72 Å². The van der Waals surface area contributed by atoms with E-state index in [2.05, 4.69) is 4.72 Å². The molecule has 0 radical (unpaired) electrons. The highest BCUT2D eigenvalue weighted by Gasteiger charge is 2.12. The molecule has 0 unspecified atom stereocenters. The quantitative estimate of drug-likeness (QED) is 0.797. The van der Waals surface area contributed by atoms with Crippen LogP contribution in [-0.4, -0.2) is 21.6 Å². The molecule has 0 saturated heterocycles. The van der Waals surface area contributed by atoms with Crippen LogP contribution in [0, 0.1) is 12.7 Å². The van der Waals surface area contributed by atoms with E-state index in [1.165, 1.54) is 24.3 Å². The van der Waals surface area contributed by atoms with E-state index in [1.54, 1.807) is 6.07 Å². The van der Waals surface area contributed by atoms with Gasteiger partial charge in [0, 0.05) is 6.54 Å². The molecule has 2 rings (SSSR count). The zero-order valence-electron chi connectivity index (χ0n) is 12.3. The van der Waals surface area contributed by atoms with Crippen molar-refractivity contribution < 1.29 is 17.5 Å². The Morgan fingerprint density at radius 3 is 2.45 bits per heavy atom. The van der Waals surface area contributed by atoms with Crippen LogP contribution in [-0.2, 0) is 15.8 Å². The van der Waals surface area contributed by atoms with Gasteiger partial charge in [-0.15, -0.1) is 0 Å². The van der Waals surface area contributed by atoms with Crippen molar-refractivity contribution in [1.29, 1.82) is 0 Å². The number of hydrogen-bond acceptors (Lipinski definition) is 3. The fourth-order valence-electron chi connectivity index (χ4n) is 1.92. The van der Waals surface area contributed by atoms with E-state index < -0.39 is 10.0 Å².